The minimum absolute atomic E-state index is 0.134. The Bertz CT molecular complexity index is 894. The van der Waals surface area contributed by atoms with E-state index in [0.717, 1.165) is 6.07 Å². The van der Waals surface area contributed by atoms with Gasteiger partial charge >= 0.3 is 6.09 Å². The number of nitro groups is 1. The van der Waals surface area contributed by atoms with E-state index < -0.39 is 28.3 Å². The number of carboxylic acid groups (broad SMARTS) is 1. The van der Waals surface area contributed by atoms with Crippen molar-refractivity contribution in [1.29, 1.82) is 0 Å². The van der Waals surface area contributed by atoms with Crippen molar-refractivity contribution >= 4 is 11.8 Å². The van der Waals surface area contributed by atoms with E-state index in [1.165, 1.54) is 37.4 Å². The topological polar surface area (TPSA) is 111 Å². The van der Waals surface area contributed by atoms with Crippen molar-refractivity contribution in [2.45, 2.75) is 26.8 Å². The van der Waals surface area contributed by atoms with Crippen LogP contribution in [0.2, 0.25) is 0 Å². The molecular weight excluding hydrogens is 371 g/mol. The summed E-state index contributed by atoms with van der Waals surface area (Å²) in [6.07, 6.45) is -1.31. The number of amides is 1. The van der Waals surface area contributed by atoms with Crippen LogP contribution >= 0.6 is 0 Å². The first-order valence-electron chi connectivity index (χ1n) is 8.31. The van der Waals surface area contributed by atoms with Crippen LogP contribution in [-0.4, -0.2) is 23.2 Å². The van der Waals surface area contributed by atoms with Crippen molar-refractivity contribution in [1.82, 2.24) is 5.32 Å². The zero-order valence-corrected chi connectivity index (χ0v) is 15.9. The first kappa shape index (κ1) is 20.9. The van der Waals surface area contributed by atoms with Gasteiger partial charge in [0, 0.05) is 24.3 Å². The average Bonchev–Trinajstić information content (AvgIpc) is 2.57. The minimum atomic E-state index is -1.31. The van der Waals surface area contributed by atoms with Gasteiger partial charge in [-0.2, -0.15) is 0 Å². The Morgan fingerprint density at radius 2 is 1.82 bits per heavy atom. The summed E-state index contributed by atoms with van der Waals surface area (Å²) in [5, 5.41) is 22.9. The number of hydrogen-bond acceptors (Lipinski definition) is 5. The molecule has 1 amide bonds. The molecule has 2 aromatic rings. The van der Waals surface area contributed by atoms with Gasteiger partial charge in [0.2, 0.25) is 0 Å². The molecule has 0 heterocycles. The van der Waals surface area contributed by atoms with Crippen molar-refractivity contribution < 1.29 is 28.7 Å². The lowest BCUT2D eigenvalue weighted by Gasteiger charge is -2.30. The molecule has 0 aliphatic rings. The summed E-state index contributed by atoms with van der Waals surface area (Å²) in [4.78, 5) is 22.1. The lowest BCUT2D eigenvalue weighted by molar-refractivity contribution is -0.386. The molecule has 0 aliphatic carbocycles. The molecule has 0 saturated carbocycles. The second kappa shape index (κ2) is 8.12. The van der Waals surface area contributed by atoms with E-state index in [0.29, 0.717) is 0 Å². The Kier molecular flexibility index (Phi) is 6.07. The summed E-state index contributed by atoms with van der Waals surface area (Å²) in [7, 11) is 1.38. The molecule has 0 saturated heterocycles. The standard InChI is InChI=1S/C19H21FN2O6/c1-19(2,3)17(21-18(23)24)15-10-12(5-6-16(15)22(25)26)28-14-8-11(20)7-13(9-14)27-4/h5-10,17,21H,1-4H3,(H,23,24). The summed E-state index contributed by atoms with van der Waals surface area (Å²) in [5.41, 5.74) is -0.775. The Labute approximate surface area is 161 Å². The number of ether oxygens (including phenoxy) is 2. The van der Waals surface area contributed by atoms with Gasteiger partial charge in [-0.3, -0.25) is 10.1 Å². The van der Waals surface area contributed by atoms with Crippen LogP contribution in [0.4, 0.5) is 14.9 Å². The summed E-state index contributed by atoms with van der Waals surface area (Å²) in [6, 6.07) is 6.86. The number of nitrogens with zero attached hydrogens (tertiary/aromatic N) is 1. The largest absolute Gasteiger partial charge is 0.497 e. The quantitative estimate of drug-likeness (QED) is 0.535. The maximum atomic E-state index is 13.7. The molecule has 1 unspecified atom stereocenters. The average molecular weight is 392 g/mol. The van der Waals surface area contributed by atoms with E-state index in [4.69, 9.17) is 14.6 Å². The maximum Gasteiger partial charge on any atom is 0.405 e. The third-order valence-corrected chi connectivity index (χ3v) is 3.96. The van der Waals surface area contributed by atoms with Crippen LogP contribution in [0.1, 0.15) is 32.4 Å². The first-order chi connectivity index (χ1) is 13.0. The van der Waals surface area contributed by atoms with E-state index in [2.05, 4.69) is 5.32 Å². The van der Waals surface area contributed by atoms with Gasteiger partial charge in [0.25, 0.3) is 5.69 Å². The van der Waals surface area contributed by atoms with E-state index >= 15 is 0 Å². The summed E-state index contributed by atoms with van der Waals surface area (Å²) in [6.45, 7) is 5.26. The highest BCUT2D eigenvalue weighted by Gasteiger charge is 2.33. The summed E-state index contributed by atoms with van der Waals surface area (Å²) >= 11 is 0. The molecule has 0 bridgehead atoms. The molecule has 150 valence electrons. The Morgan fingerprint density at radius 1 is 1.18 bits per heavy atom. The highest BCUT2D eigenvalue weighted by molar-refractivity contribution is 5.66. The van der Waals surface area contributed by atoms with Crippen LogP contribution in [0.3, 0.4) is 0 Å². The van der Waals surface area contributed by atoms with Gasteiger partial charge in [-0.1, -0.05) is 20.8 Å². The van der Waals surface area contributed by atoms with Gasteiger partial charge in [-0.15, -0.1) is 0 Å². The van der Waals surface area contributed by atoms with E-state index in [9.17, 15) is 19.3 Å². The third kappa shape index (κ3) is 5.09. The highest BCUT2D eigenvalue weighted by atomic mass is 19.1. The van der Waals surface area contributed by atoms with Gasteiger partial charge in [0.15, 0.2) is 0 Å². The monoisotopic (exact) mass is 392 g/mol. The summed E-state index contributed by atoms with van der Waals surface area (Å²) in [5.74, 6) is -0.00121. The van der Waals surface area contributed by atoms with Gasteiger partial charge in [0.1, 0.15) is 23.1 Å². The molecule has 0 spiro atoms. The lowest BCUT2D eigenvalue weighted by Crippen LogP contribution is -2.36. The highest BCUT2D eigenvalue weighted by Crippen LogP contribution is 2.40. The number of hydrogen-bond donors (Lipinski definition) is 2. The fourth-order valence-corrected chi connectivity index (χ4v) is 2.73. The molecule has 0 fully saturated rings. The van der Waals surface area contributed by atoms with Gasteiger partial charge in [-0.05, 0) is 17.5 Å². The van der Waals surface area contributed by atoms with Gasteiger partial charge < -0.3 is 19.9 Å². The minimum Gasteiger partial charge on any atom is -0.497 e. The zero-order valence-electron chi connectivity index (χ0n) is 15.9. The molecule has 2 aromatic carbocycles. The number of carbonyl (C=O) groups is 1. The molecule has 0 aliphatic heterocycles. The molecule has 0 aromatic heterocycles. The van der Waals surface area contributed by atoms with Crippen LogP contribution in [0.25, 0.3) is 0 Å². The molecule has 8 nitrogen and oxygen atoms in total. The molecule has 0 radical (unpaired) electrons. The van der Waals surface area contributed by atoms with Crippen molar-refractivity contribution in [3.63, 3.8) is 0 Å². The zero-order chi connectivity index (χ0) is 21.1. The molecule has 9 heteroatoms. The van der Waals surface area contributed by atoms with E-state index in [-0.39, 0.29) is 28.5 Å². The van der Waals surface area contributed by atoms with Crippen molar-refractivity contribution in [3.05, 3.63) is 57.9 Å². The van der Waals surface area contributed by atoms with Gasteiger partial charge in [0.05, 0.1) is 23.6 Å². The fourth-order valence-electron chi connectivity index (χ4n) is 2.73. The number of rotatable bonds is 6. The molecule has 28 heavy (non-hydrogen) atoms. The molecule has 2 N–H and O–H groups in total. The fraction of sp³-hybridized carbons (Fsp3) is 0.316. The normalized spacial score (nSPS) is 12.2. The Hall–Kier alpha value is -3.36. The smallest absolute Gasteiger partial charge is 0.405 e. The van der Waals surface area contributed by atoms with Crippen LogP contribution in [-0.2, 0) is 0 Å². The van der Waals surface area contributed by atoms with E-state index in [1.54, 1.807) is 20.8 Å². The number of nitrogens with one attached hydrogen (secondary N) is 1. The van der Waals surface area contributed by atoms with Crippen LogP contribution in [0, 0.1) is 21.3 Å². The third-order valence-electron chi connectivity index (χ3n) is 3.96. The number of nitro benzene ring substituents is 1. The SMILES string of the molecule is COc1cc(F)cc(Oc2ccc([N+](=O)[O-])c(C(NC(=O)O)C(C)(C)C)c2)c1. The number of halogens is 1. The Balaban J connectivity index is 2.52. The molecular formula is C19H21FN2O6. The molecule has 2 rings (SSSR count). The Morgan fingerprint density at radius 3 is 2.36 bits per heavy atom. The molecule has 1 atom stereocenters. The van der Waals surface area contributed by atoms with E-state index in [1.807, 2.05) is 0 Å². The van der Waals surface area contributed by atoms with Gasteiger partial charge in [-0.25, -0.2) is 9.18 Å². The van der Waals surface area contributed by atoms with Crippen molar-refractivity contribution in [3.8, 4) is 17.2 Å². The number of benzene rings is 2. The van der Waals surface area contributed by atoms with Crippen LogP contribution < -0.4 is 14.8 Å². The lowest BCUT2D eigenvalue weighted by atomic mass is 9.81. The predicted octanol–water partition coefficient (Wildman–Crippen LogP) is 4.89. The second-order valence-electron chi connectivity index (χ2n) is 7.16. The van der Waals surface area contributed by atoms with Crippen molar-refractivity contribution in [2.75, 3.05) is 7.11 Å². The maximum absolute atomic E-state index is 13.7. The van der Waals surface area contributed by atoms with Crippen LogP contribution in [0.15, 0.2) is 36.4 Å². The van der Waals surface area contributed by atoms with Crippen molar-refractivity contribution in [2.24, 2.45) is 5.41 Å². The van der Waals surface area contributed by atoms with Crippen LogP contribution in [0.5, 0.6) is 17.2 Å². The number of methoxy groups -OCH3 is 1. The second-order valence-corrected chi connectivity index (χ2v) is 7.16. The first-order valence-corrected chi connectivity index (χ1v) is 8.31. The predicted molar refractivity (Wildman–Crippen MR) is 99.5 cm³/mol. The summed E-state index contributed by atoms with van der Waals surface area (Å²) < 4.78 is 24.3.